The molecule has 2 atom stereocenters. The summed E-state index contributed by atoms with van der Waals surface area (Å²) < 4.78 is 36.3. The first kappa shape index (κ1) is 36.8. The molecule has 48 heavy (non-hydrogen) atoms. The molecule has 0 amide bonds. The lowest BCUT2D eigenvalue weighted by Gasteiger charge is -2.04. The van der Waals surface area contributed by atoms with Gasteiger partial charge in [-0.2, -0.15) is 0 Å². The highest BCUT2D eigenvalue weighted by molar-refractivity contribution is 8.56. The first-order chi connectivity index (χ1) is 22.9. The molecule has 0 spiro atoms. The number of rotatable bonds is 4. The standard InChI is InChI=1S/3C12H12N2.H2O4S2/c13-11-5-1-9(2-6-11)10-3-7-12(14)8-4-10;2*13-11-6-4-9(5-7-11)10-2-1-3-12(14)8-10;1-5(2)6(3)4/h3*1-8H,13-14H2;(H,1,2)(H,3,4)/p-2. The van der Waals surface area contributed by atoms with Crippen molar-refractivity contribution >= 4 is 54.3 Å². The molecule has 12 N–H and O–H groups in total. The van der Waals surface area contributed by atoms with Gasteiger partial charge in [0, 0.05) is 54.3 Å². The molecule has 0 heterocycles. The fourth-order valence-electron chi connectivity index (χ4n) is 4.14. The number of anilines is 6. The molecule has 6 aromatic rings. The summed E-state index contributed by atoms with van der Waals surface area (Å²) in [6.07, 6.45) is 0. The quantitative estimate of drug-likeness (QED) is 0.0698. The van der Waals surface area contributed by atoms with Gasteiger partial charge in [0.15, 0.2) is 0 Å². The van der Waals surface area contributed by atoms with Crippen molar-refractivity contribution in [1.29, 1.82) is 0 Å². The predicted molar refractivity (Wildman–Crippen MR) is 200 cm³/mol. The van der Waals surface area contributed by atoms with Gasteiger partial charge in [-0.25, -0.2) is 0 Å². The Balaban J connectivity index is 0.000000180. The van der Waals surface area contributed by atoms with Gasteiger partial charge in [0.2, 0.25) is 0 Å². The summed E-state index contributed by atoms with van der Waals surface area (Å²) in [5, 5.41) is 0. The van der Waals surface area contributed by atoms with Crippen LogP contribution in [0.3, 0.4) is 0 Å². The van der Waals surface area contributed by atoms with Crippen molar-refractivity contribution in [2.45, 2.75) is 0 Å². The molecule has 0 aliphatic heterocycles. The minimum atomic E-state index is -2.95. The summed E-state index contributed by atoms with van der Waals surface area (Å²) >= 11 is 0. The Morgan fingerprint density at radius 3 is 0.750 bits per heavy atom. The molecule has 0 aliphatic carbocycles. The van der Waals surface area contributed by atoms with E-state index < -0.39 is 20.2 Å². The van der Waals surface area contributed by atoms with Crippen LogP contribution in [0.2, 0.25) is 0 Å². The highest BCUT2D eigenvalue weighted by Crippen LogP contribution is 2.24. The van der Waals surface area contributed by atoms with Crippen LogP contribution in [-0.4, -0.2) is 17.5 Å². The highest BCUT2D eigenvalue weighted by atomic mass is 33.2. The van der Waals surface area contributed by atoms with E-state index in [-0.39, 0.29) is 0 Å². The van der Waals surface area contributed by atoms with Crippen LogP contribution in [0.15, 0.2) is 146 Å². The molecule has 10 nitrogen and oxygen atoms in total. The Morgan fingerprint density at radius 2 is 0.542 bits per heavy atom. The molecule has 248 valence electrons. The highest BCUT2D eigenvalue weighted by Gasteiger charge is 1.98. The minimum absolute atomic E-state index is 0.776. The van der Waals surface area contributed by atoms with Gasteiger partial charge >= 0.3 is 0 Å². The third-order valence-electron chi connectivity index (χ3n) is 6.53. The third kappa shape index (κ3) is 12.6. The van der Waals surface area contributed by atoms with E-state index in [1.807, 2.05) is 146 Å². The molecule has 0 aromatic heterocycles. The summed E-state index contributed by atoms with van der Waals surface area (Å²) in [4.78, 5) is 0. The van der Waals surface area contributed by atoms with E-state index >= 15 is 0 Å². The first-order valence-corrected chi connectivity index (χ1v) is 16.9. The minimum Gasteiger partial charge on any atom is -0.763 e. The maximum atomic E-state index is 9.09. The summed E-state index contributed by atoms with van der Waals surface area (Å²) in [5.74, 6) is 0. The van der Waals surface area contributed by atoms with Crippen molar-refractivity contribution in [2.24, 2.45) is 0 Å². The Morgan fingerprint density at radius 1 is 0.312 bits per heavy atom. The molecule has 0 aliphatic rings. The Kier molecular flexibility index (Phi) is 14.2. The van der Waals surface area contributed by atoms with Crippen molar-refractivity contribution in [2.75, 3.05) is 34.4 Å². The number of nitrogens with two attached hydrogens (primary N) is 6. The van der Waals surface area contributed by atoms with E-state index in [0.717, 1.165) is 67.5 Å². The van der Waals surface area contributed by atoms with Gasteiger partial charge in [0.1, 0.15) is 0 Å². The van der Waals surface area contributed by atoms with Gasteiger partial charge in [-0.05, 0) is 106 Å². The summed E-state index contributed by atoms with van der Waals surface area (Å²) in [6, 6.07) is 46.7. The van der Waals surface area contributed by atoms with Gasteiger partial charge in [-0.1, -0.05) is 72.8 Å². The second kappa shape index (κ2) is 18.5. The summed E-state index contributed by atoms with van der Waals surface area (Å²) in [7, 11) is -5.90. The van der Waals surface area contributed by atoms with Crippen molar-refractivity contribution in [1.82, 2.24) is 0 Å². The third-order valence-corrected chi connectivity index (χ3v) is 7.42. The molecular weight excluding hydrogens is 645 g/mol. The smallest absolute Gasteiger partial charge is 0.0320 e. The maximum Gasteiger partial charge on any atom is 0.0320 e. The van der Waals surface area contributed by atoms with Crippen LogP contribution in [0.4, 0.5) is 34.1 Å². The molecule has 2 unspecified atom stereocenters. The molecule has 0 radical (unpaired) electrons. The van der Waals surface area contributed by atoms with Crippen LogP contribution in [0.1, 0.15) is 0 Å². The largest absolute Gasteiger partial charge is 0.763 e. The fraction of sp³-hybridized carbons (Fsp3) is 0. The molecule has 6 aromatic carbocycles. The average Bonchev–Trinajstić information content (AvgIpc) is 3.07. The van der Waals surface area contributed by atoms with E-state index in [2.05, 4.69) is 0 Å². The number of hydrogen-bond acceptors (Lipinski definition) is 10. The molecule has 12 heteroatoms. The number of hydrogen-bond donors (Lipinski definition) is 6. The van der Waals surface area contributed by atoms with Gasteiger partial charge in [-0.3, -0.25) is 8.42 Å². The predicted octanol–water partition coefficient (Wildman–Crippen LogP) is 6.21. The molecule has 0 saturated heterocycles. The van der Waals surface area contributed by atoms with Gasteiger partial charge in [0.05, 0.1) is 0 Å². The van der Waals surface area contributed by atoms with E-state index in [1.165, 1.54) is 0 Å². The SMILES string of the molecule is Nc1ccc(-c2ccc(N)cc2)cc1.Nc1ccc(-c2cccc(N)c2)cc1.Nc1ccc(-c2cccc(N)c2)cc1.O=S([O-])S(=O)[O-]. The first-order valence-electron chi connectivity index (χ1n) is 14.2. The van der Waals surface area contributed by atoms with Crippen molar-refractivity contribution in [3.8, 4) is 33.4 Å². The second-order valence-corrected chi connectivity index (χ2v) is 12.6. The zero-order valence-electron chi connectivity index (χ0n) is 25.8. The second-order valence-electron chi connectivity index (χ2n) is 10.1. The van der Waals surface area contributed by atoms with E-state index in [9.17, 15) is 0 Å². The maximum absolute atomic E-state index is 9.09. The van der Waals surface area contributed by atoms with Crippen molar-refractivity contribution in [3.05, 3.63) is 146 Å². The fourth-order valence-corrected chi connectivity index (χ4v) is 4.14. The normalized spacial score (nSPS) is 11.2. The van der Waals surface area contributed by atoms with Crippen LogP contribution in [0.5, 0.6) is 0 Å². The lowest BCUT2D eigenvalue weighted by Crippen LogP contribution is -1.94. The van der Waals surface area contributed by atoms with E-state index in [4.69, 9.17) is 51.9 Å². The Bertz CT molecular complexity index is 1780. The molecule has 0 fully saturated rings. The van der Waals surface area contributed by atoms with Crippen molar-refractivity contribution in [3.63, 3.8) is 0 Å². The molecule has 6 rings (SSSR count). The van der Waals surface area contributed by atoms with E-state index in [1.54, 1.807) is 0 Å². The zero-order chi connectivity index (χ0) is 35.1. The van der Waals surface area contributed by atoms with Crippen LogP contribution >= 0.6 is 0 Å². The van der Waals surface area contributed by atoms with Crippen molar-refractivity contribution < 1.29 is 17.5 Å². The van der Waals surface area contributed by atoms with Gasteiger partial charge < -0.3 is 43.5 Å². The molecular formula is C36H36N6O4S2-2. The molecule has 0 saturated carbocycles. The monoisotopic (exact) mass is 680 g/mol. The number of benzene rings is 6. The van der Waals surface area contributed by atoms with Gasteiger partial charge in [0.25, 0.3) is 0 Å². The topological polar surface area (TPSA) is 236 Å². The lowest BCUT2D eigenvalue weighted by atomic mass is 10.1. The summed E-state index contributed by atoms with van der Waals surface area (Å²) in [5.41, 5.74) is 45.3. The lowest BCUT2D eigenvalue weighted by molar-refractivity contribution is 0.520. The molecule has 0 bridgehead atoms. The van der Waals surface area contributed by atoms with Crippen LogP contribution in [-0.2, 0) is 20.2 Å². The van der Waals surface area contributed by atoms with Crippen LogP contribution in [0.25, 0.3) is 33.4 Å². The number of nitrogen functional groups attached to an aromatic ring is 6. The van der Waals surface area contributed by atoms with Gasteiger partial charge in [-0.15, -0.1) is 0 Å². The summed E-state index contributed by atoms with van der Waals surface area (Å²) in [6.45, 7) is 0. The average molecular weight is 681 g/mol. The Labute approximate surface area is 284 Å². The Hall–Kier alpha value is -5.66. The van der Waals surface area contributed by atoms with Crippen LogP contribution < -0.4 is 34.4 Å². The van der Waals surface area contributed by atoms with E-state index in [0.29, 0.717) is 0 Å². The van der Waals surface area contributed by atoms with Crippen LogP contribution in [0, 0.1) is 0 Å². The zero-order valence-corrected chi connectivity index (χ0v) is 27.4.